The van der Waals surface area contributed by atoms with E-state index in [-0.39, 0.29) is 23.5 Å². The number of sulfonamides is 1. The van der Waals surface area contributed by atoms with Gasteiger partial charge in [0.05, 0.1) is 23.7 Å². The maximum atomic E-state index is 12.6. The van der Waals surface area contributed by atoms with Gasteiger partial charge < -0.3 is 10.1 Å². The predicted octanol–water partition coefficient (Wildman–Crippen LogP) is 2.98. The molecule has 1 aliphatic rings. The second-order valence-electron chi connectivity index (χ2n) is 6.07. The first-order chi connectivity index (χ1) is 13.2. The number of carbonyl (C=O) groups is 1. The van der Waals surface area contributed by atoms with Gasteiger partial charge >= 0.3 is 6.18 Å². The third-order valence-electron chi connectivity index (χ3n) is 4.19. The molecule has 1 amide bonds. The quantitative estimate of drug-likeness (QED) is 0.835. The van der Waals surface area contributed by atoms with Gasteiger partial charge in [-0.2, -0.15) is 17.5 Å². The number of carbonyl (C=O) groups excluding carboxylic acids is 1. The fraction of sp³-hybridized carbons (Fsp3) is 0.278. The van der Waals surface area contributed by atoms with Gasteiger partial charge in [0.2, 0.25) is 10.0 Å². The van der Waals surface area contributed by atoms with Gasteiger partial charge in [0.15, 0.2) is 0 Å². The van der Waals surface area contributed by atoms with Gasteiger partial charge in [0.25, 0.3) is 5.91 Å². The highest BCUT2D eigenvalue weighted by atomic mass is 32.2. The van der Waals surface area contributed by atoms with Crippen molar-refractivity contribution in [1.82, 2.24) is 4.31 Å². The molecule has 0 radical (unpaired) electrons. The number of halogens is 3. The van der Waals surface area contributed by atoms with Gasteiger partial charge in [-0.05, 0) is 48.5 Å². The Balaban J connectivity index is 1.69. The van der Waals surface area contributed by atoms with Crippen LogP contribution in [0.4, 0.5) is 18.9 Å². The Labute approximate surface area is 160 Å². The minimum Gasteiger partial charge on any atom is -0.379 e. The minimum atomic E-state index is -4.48. The van der Waals surface area contributed by atoms with Crippen LogP contribution in [-0.2, 0) is 20.9 Å². The highest BCUT2D eigenvalue weighted by Gasteiger charge is 2.30. The maximum Gasteiger partial charge on any atom is 0.416 e. The first kappa shape index (κ1) is 20.3. The Bertz CT molecular complexity index is 936. The molecule has 6 nitrogen and oxygen atoms in total. The number of amides is 1. The number of nitrogens with zero attached hydrogens (tertiary/aromatic N) is 1. The van der Waals surface area contributed by atoms with Crippen molar-refractivity contribution < 1.29 is 31.1 Å². The van der Waals surface area contributed by atoms with Crippen LogP contribution in [0, 0.1) is 0 Å². The van der Waals surface area contributed by atoms with Gasteiger partial charge in [-0.25, -0.2) is 8.42 Å². The van der Waals surface area contributed by atoms with Gasteiger partial charge in [0, 0.05) is 24.3 Å². The summed E-state index contributed by atoms with van der Waals surface area (Å²) in [6, 6.07) is 9.40. The van der Waals surface area contributed by atoms with Crippen molar-refractivity contribution in [3.63, 3.8) is 0 Å². The lowest BCUT2D eigenvalue weighted by Crippen LogP contribution is -2.40. The summed E-state index contributed by atoms with van der Waals surface area (Å²) in [7, 11) is -3.64. The van der Waals surface area contributed by atoms with Crippen LogP contribution in [-0.4, -0.2) is 44.9 Å². The van der Waals surface area contributed by atoms with E-state index in [1.807, 2.05) is 0 Å². The maximum absolute atomic E-state index is 12.6. The minimum absolute atomic E-state index is 0.0537. The molecule has 28 heavy (non-hydrogen) atoms. The second kappa shape index (κ2) is 7.90. The van der Waals surface area contributed by atoms with Crippen molar-refractivity contribution in [2.24, 2.45) is 0 Å². The van der Waals surface area contributed by atoms with Crippen molar-refractivity contribution in [3.8, 4) is 0 Å². The van der Waals surface area contributed by atoms with E-state index < -0.39 is 27.7 Å². The largest absolute Gasteiger partial charge is 0.416 e. The van der Waals surface area contributed by atoms with Gasteiger partial charge in [0.1, 0.15) is 0 Å². The monoisotopic (exact) mass is 414 g/mol. The number of rotatable bonds is 4. The highest BCUT2D eigenvalue weighted by molar-refractivity contribution is 7.89. The lowest BCUT2D eigenvalue weighted by Gasteiger charge is -2.26. The van der Waals surface area contributed by atoms with E-state index in [4.69, 9.17) is 4.74 Å². The topological polar surface area (TPSA) is 75.7 Å². The number of hydrogen-bond acceptors (Lipinski definition) is 4. The molecule has 3 rings (SSSR count). The molecular formula is C18H17F3N2O4S. The molecule has 1 N–H and O–H groups in total. The van der Waals surface area contributed by atoms with E-state index in [0.29, 0.717) is 18.9 Å². The number of hydrogen-bond donors (Lipinski definition) is 1. The number of morpholine rings is 1. The highest BCUT2D eigenvalue weighted by Crippen LogP contribution is 2.29. The summed E-state index contributed by atoms with van der Waals surface area (Å²) in [5.74, 6) is -0.600. The Morgan fingerprint density at radius 2 is 1.54 bits per heavy atom. The van der Waals surface area contributed by atoms with Crippen LogP contribution < -0.4 is 5.32 Å². The molecule has 2 aromatic carbocycles. The molecule has 1 fully saturated rings. The van der Waals surface area contributed by atoms with E-state index in [1.54, 1.807) is 0 Å². The third kappa shape index (κ3) is 4.51. The summed E-state index contributed by atoms with van der Waals surface area (Å²) < 4.78 is 69.3. The van der Waals surface area contributed by atoms with Crippen LogP contribution in [0.25, 0.3) is 0 Å². The SMILES string of the molecule is O=C(Nc1ccc(S(=O)(=O)N2CCOCC2)cc1)c1ccc(C(F)(F)F)cc1. The molecule has 0 atom stereocenters. The molecule has 0 saturated carbocycles. The smallest absolute Gasteiger partial charge is 0.379 e. The van der Waals surface area contributed by atoms with Gasteiger partial charge in [-0.1, -0.05) is 0 Å². The van der Waals surface area contributed by atoms with Crippen molar-refractivity contribution in [3.05, 3.63) is 59.7 Å². The molecule has 1 saturated heterocycles. The zero-order chi connectivity index (χ0) is 20.4. The van der Waals surface area contributed by atoms with Gasteiger partial charge in [-0.3, -0.25) is 4.79 Å². The first-order valence-corrected chi connectivity index (χ1v) is 9.78. The molecule has 0 aliphatic carbocycles. The second-order valence-corrected chi connectivity index (χ2v) is 8.01. The number of benzene rings is 2. The van der Waals surface area contributed by atoms with Gasteiger partial charge in [-0.15, -0.1) is 0 Å². The molecule has 150 valence electrons. The summed E-state index contributed by atoms with van der Waals surface area (Å²) in [5.41, 5.74) is -0.467. The lowest BCUT2D eigenvalue weighted by molar-refractivity contribution is -0.137. The van der Waals surface area contributed by atoms with Crippen LogP contribution in [0.3, 0.4) is 0 Å². The predicted molar refractivity (Wildman–Crippen MR) is 95.4 cm³/mol. The molecule has 2 aromatic rings. The summed E-state index contributed by atoms with van der Waals surface area (Å²) in [6.45, 7) is 1.21. The Morgan fingerprint density at radius 3 is 2.07 bits per heavy atom. The van der Waals surface area contributed by atoms with Crippen LogP contribution in [0.15, 0.2) is 53.4 Å². The van der Waals surface area contributed by atoms with Crippen molar-refractivity contribution >= 4 is 21.6 Å². The van der Waals surface area contributed by atoms with E-state index in [9.17, 15) is 26.4 Å². The molecule has 1 heterocycles. The van der Waals surface area contributed by atoms with E-state index in [0.717, 1.165) is 24.3 Å². The fourth-order valence-electron chi connectivity index (χ4n) is 2.66. The summed E-state index contributed by atoms with van der Waals surface area (Å²) in [4.78, 5) is 12.3. The zero-order valence-electron chi connectivity index (χ0n) is 14.6. The van der Waals surface area contributed by atoms with E-state index in [2.05, 4.69) is 5.32 Å². The normalized spacial score (nSPS) is 16.0. The molecular weight excluding hydrogens is 397 g/mol. The third-order valence-corrected chi connectivity index (χ3v) is 6.11. The Morgan fingerprint density at radius 1 is 0.964 bits per heavy atom. The van der Waals surface area contributed by atoms with Crippen LogP contribution in [0.1, 0.15) is 15.9 Å². The van der Waals surface area contributed by atoms with Crippen molar-refractivity contribution in [2.75, 3.05) is 31.6 Å². The number of ether oxygens (including phenoxy) is 1. The first-order valence-electron chi connectivity index (χ1n) is 8.34. The molecule has 0 bridgehead atoms. The standard InChI is InChI=1S/C18H17F3N2O4S/c19-18(20,21)14-3-1-13(2-4-14)17(24)22-15-5-7-16(8-6-15)28(25,26)23-9-11-27-12-10-23/h1-8H,9-12H2,(H,22,24). The van der Waals surface area contributed by atoms with E-state index >= 15 is 0 Å². The Kier molecular flexibility index (Phi) is 5.73. The average Bonchev–Trinajstić information content (AvgIpc) is 2.68. The molecule has 0 spiro atoms. The fourth-order valence-corrected chi connectivity index (χ4v) is 4.07. The van der Waals surface area contributed by atoms with Crippen molar-refractivity contribution in [1.29, 1.82) is 0 Å². The molecule has 0 unspecified atom stereocenters. The van der Waals surface area contributed by atoms with Crippen LogP contribution in [0.2, 0.25) is 0 Å². The summed E-state index contributed by atoms with van der Waals surface area (Å²) >= 11 is 0. The molecule has 0 aromatic heterocycles. The summed E-state index contributed by atoms with van der Waals surface area (Å²) in [6.07, 6.45) is -4.48. The van der Waals surface area contributed by atoms with Crippen LogP contribution in [0.5, 0.6) is 0 Å². The lowest BCUT2D eigenvalue weighted by atomic mass is 10.1. The molecule has 10 heteroatoms. The molecule has 1 aliphatic heterocycles. The number of nitrogens with one attached hydrogen (secondary N) is 1. The zero-order valence-corrected chi connectivity index (χ0v) is 15.4. The summed E-state index contributed by atoms with van der Waals surface area (Å²) in [5, 5.41) is 2.53. The number of alkyl halides is 3. The average molecular weight is 414 g/mol. The Hall–Kier alpha value is -2.43. The number of anilines is 1. The van der Waals surface area contributed by atoms with Crippen molar-refractivity contribution in [2.45, 2.75) is 11.1 Å². The van der Waals surface area contributed by atoms with E-state index in [1.165, 1.54) is 28.6 Å². The van der Waals surface area contributed by atoms with Crippen LogP contribution >= 0.6 is 0 Å².